The van der Waals surface area contributed by atoms with E-state index in [1.165, 1.54) is 11.1 Å². The number of hydrogen-bond acceptors (Lipinski definition) is 5. The van der Waals surface area contributed by atoms with Crippen molar-refractivity contribution in [3.8, 4) is 0 Å². The van der Waals surface area contributed by atoms with Crippen molar-refractivity contribution in [2.75, 3.05) is 20.3 Å². The van der Waals surface area contributed by atoms with Crippen molar-refractivity contribution in [1.29, 1.82) is 0 Å². The molecule has 1 unspecified atom stereocenters. The zero-order valence-corrected chi connectivity index (χ0v) is 13.0. The normalized spacial score (nSPS) is 26.3. The fraction of sp³-hybridized carbons (Fsp3) is 0.529. The van der Waals surface area contributed by atoms with Crippen molar-refractivity contribution in [1.82, 2.24) is 10.2 Å². The van der Waals surface area contributed by atoms with Gasteiger partial charge < -0.3 is 13.9 Å². The van der Waals surface area contributed by atoms with E-state index in [2.05, 4.69) is 41.4 Å². The molecule has 1 aromatic heterocycles. The van der Waals surface area contributed by atoms with Gasteiger partial charge in [0, 0.05) is 13.5 Å². The van der Waals surface area contributed by atoms with Gasteiger partial charge in [-0.3, -0.25) is 0 Å². The number of rotatable bonds is 4. The van der Waals surface area contributed by atoms with Gasteiger partial charge in [-0.1, -0.05) is 24.3 Å². The Morgan fingerprint density at radius 2 is 1.86 bits per heavy atom. The van der Waals surface area contributed by atoms with Crippen LogP contribution in [-0.4, -0.2) is 30.5 Å². The summed E-state index contributed by atoms with van der Waals surface area (Å²) in [6.07, 6.45) is 2.86. The van der Waals surface area contributed by atoms with E-state index in [1.54, 1.807) is 7.11 Å². The molecule has 2 aliphatic rings. The van der Waals surface area contributed by atoms with Gasteiger partial charge in [-0.2, -0.15) is 0 Å². The fourth-order valence-electron chi connectivity index (χ4n) is 3.40. The highest BCUT2D eigenvalue weighted by molar-refractivity contribution is 5.43. The molecule has 1 atom stereocenters. The molecule has 0 N–H and O–H groups in total. The number of aryl methyl sites for hydroxylation is 1. The summed E-state index contributed by atoms with van der Waals surface area (Å²) < 4.78 is 17.2. The van der Waals surface area contributed by atoms with Gasteiger partial charge in [0.05, 0.1) is 18.6 Å². The van der Waals surface area contributed by atoms with Crippen molar-refractivity contribution < 1.29 is 13.9 Å². The quantitative estimate of drug-likeness (QED) is 0.869. The lowest BCUT2D eigenvalue weighted by atomic mass is 9.92. The average molecular weight is 300 g/mol. The number of ether oxygens (including phenoxy) is 2. The summed E-state index contributed by atoms with van der Waals surface area (Å²) in [6.45, 7) is 3.27. The average Bonchev–Trinajstić information content (AvgIpc) is 3.00. The van der Waals surface area contributed by atoms with Crippen LogP contribution in [0.4, 0.5) is 0 Å². The third-order valence-corrected chi connectivity index (χ3v) is 5.01. The number of aromatic nitrogens is 2. The van der Waals surface area contributed by atoms with Crippen LogP contribution in [0.25, 0.3) is 0 Å². The van der Waals surface area contributed by atoms with Crippen LogP contribution < -0.4 is 0 Å². The molecule has 2 fully saturated rings. The molecule has 0 amide bonds. The first kappa shape index (κ1) is 13.9. The van der Waals surface area contributed by atoms with Crippen molar-refractivity contribution in [2.24, 2.45) is 0 Å². The van der Waals surface area contributed by atoms with Crippen LogP contribution in [0.5, 0.6) is 0 Å². The lowest BCUT2D eigenvalue weighted by Gasteiger charge is -2.21. The van der Waals surface area contributed by atoms with Gasteiger partial charge in [0.15, 0.2) is 5.60 Å². The van der Waals surface area contributed by atoms with E-state index < -0.39 is 5.60 Å². The van der Waals surface area contributed by atoms with Crippen molar-refractivity contribution in [3.05, 3.63) is 47.2 Å². The molecule has 2 aromatic rings. The highest BCUT2D eigenvalue weighted by atomic mass is 16.6. The Kier molecular flexibility index (Phi) is 3.09. The second-order valence-corrected chi connectivity index (χ2v) is 6.31. The summed E-state index contributed by atoms with van der Waals surface area (Å²) in [7, 11) is 1.67. The second-order valence-electron chi connectivity index (χ2n) is 6.31. The van der Waals surface area contributed by atoms with Crippen molar-refractivity contribution in [3.63, 3.8) is 0 Å². The summed E-state index contributed by atoms with van der Waals surface area (Å²) in [5.74, 6) is 1.25. The van der Waals surface area contributed by atoms with E-state index >= 15 is 0 Å². The molecule has 1 saturated carbocycles. The molecule has 0 radical (unpaired) electrons. The summed E-state index contributed by atoms with van der Waals surface area (Å²) in [6, 6.07) is 8.43. The van der Waals surface area contributed by atoms with Crippen LogP contribution in [0.15, 0.2) is 28.7 Å². The van der Waals surface area contributed by atoms with E-state index in [0.717, 1.165) is 19.3 Å². The number of nitrogens with zero attached hydrogens (tertiary/aromatic N) is 2. The summed E-state index contributed by atoms with van der Waals surface area (Å²) in [5, 5.41) is 8.63. The monoisotopic (exact) mass is 300 g/mol. The van der Waals surface area contributed by atoms with Crippen LogP contribution in [0.2, 0.25) is 0 Å². The van der Waals surface area contributed by atoms with E-state index in [4.69, 9.17) is 13.9 Å². The number of benzene rings is 1. The zero-order chi connectivity index (χ0) is 15.2. The highest BCUT2D eigenvalue weighted by Gasteiger charge is 2.52. The third-order valence-electron chi connectivity index (χ3n) is 5.01. The SMILES string of the molecule is COC1(c2nnc(C3(c4ccccc4C)CC3)o2)CCOC1. The molecule has 1 aliphatic heterocycles. The van der Waals surface area contributed by atoms with Crippen molar-refractivity contribution in [2.45, 2.75) is 37.2 Å². The molecule has 116 valence electrons. The summed E-state index contributed by atoms with van der Waals surface area (Å²) >= 11 is 0. The Balaban J connectivity index is 1.72. The number of hydrogen-bond donors (Lipinski definition) is 0. The lowest BCUT2D eigenvalue weighted by Crippen LogP contribution is -2.29. The predicted molar refractivity (Wildman–Crippen MR) is 79.6 cm³/mol. The minimum absolute atomic E-state index is 0.106. The molecule has 1 aromatic carbocycles. The molecule has 5 heteroatoms. The summed E-state index contributed by atoms with van der Waals surface area (Å²) in [5.41, 5.74) is 1.88. The van der Waals surface area contributed by atoms with E-state index in [9.17, 15) is 0 Å². The van der Waals surface area contributed by atoms with Crippen LogP contribution >= 0.6 is 0 Å². The lowest BCUT2D eigenvalue weighted by molar-refractivity contribution is -0.0418. The molecule has 2 heterocycles. The second kappa shape index (κ2) is 4.89. The highest BCUT2D eigenvalue weighted by Crippen LogP contribution is 2.54. The molecular weight excluding hydrogens is 280 g/mol. The van der Waals surface area contributed by atoms with Crippen LogP contribution in [0.3, 0.4) is 0 Å². The fourth-order valence-corrected chi connectivity index (χ4v) is 3.40. The van der Waals surface area contributed by atoms with Crippen LogP contribution in [0, 0.1) is 6.92 Å². The Labute approximate surface area is 129 Å². The van der Waals surface area contributed by atoms with Gasteiger partial charge in [0.2, 0.25) is 5.89 Å². The Morgan fingerprint density at radius 1 is 1.09 bits per heavy atom. The molecule has 0 bridgehead atoms. The molecule has 0 spiro atoms. The van der Waals surface area contributed by atoms with Gasteiger partial charge in [-0.05, 0) is 30.9 Å². The zero-order valence-electron chi connectivity index (χ0n) is 13.0. The molecule has 22 heavy (non-hydrogen) atoms. The maximum Gasteiger partial charge on any atom is 0.250 e. The molecule has 4 rings (SSSR count). The van der Waals surface area contributed by atoms with E-state index in [-0.39, 0.29) is 5.41 Å². The number of methoxy groups -OCH3 is 1. The Morgan fingerprint density at radius 3 is 2.50 bits per heavy atom. The van der Waals surface area contributed by atoms with Gasteiger partial charge >= 0.3 is 0 Å². The maximum absolute atomic E-state index is 6.07. The standard InChI is InChI=1S/C17H20N2O3/c1-12-5-3-4-6-13(12)16(7-8-16)14-18-19-15(22-14)17(20-2)9-10-21-11-17/h3-6H,7-11H2,1-2H3. The molecular formula is C17H20N2O3. The first-order valence-electron chi connectivity index (χ1n) is 7.74. The first-order valence-corrected chi connectivity index (χ1v) is 7.74. The van der Waals surface area contributed by atoms with Gasteiger partial charge in [-0.25, -0.2) is 0 Å². The van der Waals surface area contributed by atoms with E-state index in [0.29, 0.717) is 25.0 Å². The van der Waals surface area contributed by atoms with Gasteiger partial charge in [0.1, 0.15) is 0 Å². The third kappa shape index (κ3) is 1.92. The van der Waals surface area contributed by atoms with Crippen molar-refractivity contribution >= 4 is 0 Å². The minimum Gasteiger partial charge on any atom is -0.421 e. The van der Waals surface area contributed by atoms with Gasteiger partial charge in [-0.15, -0.1) is 10.2 Å². The first-order chi connectivity index (χ1) is 10.7. The molecule has 1 aliphatic carbocycles. The summed E-state index contributed by atoms with van der Waals surface area (Å²) in [4.78, 5) is 0. The molecule has 5 nitrogen and oxygen atoms in total. The van der Waals surface area contributed by atoms with Crippen LogP contribution in [-0.2, 0) is 20.5 Å². The Bertz CT molecular complexity index is 685. The van der Waals surface area contributed by atoms with Gasteiger partial charge in [0.25, 0.3) is 5.89 Å². The largest absolute Gasteiger partial charge is 0.421 e. The Hall–Kier alpha value is -1.72. The molecule has 1 saturated heterocycles. The van der Waals surface area contributed by atoms with E-state index in [1.807, 2.05) is 0 Å². The van der Waals surface area contributed by atoms with Crippen LogP contribution in [0.1, 0.15) is 42.2 Å². The topological polar surface area (TPSA) is 57.4 Å². The predicted octanol–water partition coefficient (Wildman–Crippen LogP) is 2.72. The minimum atomic E-state index is -0.576. The smallest absolute Gasteiger partial charge is 0.250 e. The maximum atomic E-state index is 6.07.